The van der Waals surface area contributed by atoms with Gasteiger partial charge in [0, 0.05) is 6.04 Å². The van der Waals surface area contributed by atoms with Gasteiger partial charge in [0.25, 0.3) is 0 Å². The average Bonchev–Trinajstić information content (AvgIpc) is 1.80. The second kappa shape index (κ2) is 2.62. The van der Waals surface area contributed by atoms with Gasteiger partial charge in [-0.1, -0.05) is 0 Å². The summed E-state index contributed by atoms with van der Waals surface area (Å²) in [6.45, 7) is 0. The first-order chi connectivity index (χ1) is 4.20. The molecule has 1 aliphatic rings. The van der Waals surface area contributed by atoms with Crippen LogP contribution in [0.25, 0.3) is 0 Å². The monoisotopic (exact) mass is 132 g/mol. The van der Waals surface area contributed by atoms with E-state index in [4.69, 9.17) is 15.9 Å². The van der Waals surface area contributed by atoms with E-state index in [2.05, 4.69) is 5.32 Å². The highest BCUT2D eigenvalue weighted by molar-refractivity contribution is 4.77. The first kappa shape index (κ1) is 6.95. The fourth-order valence-corrected chi connectivity index (χ4v) is 0.912. The number of aliphatic hydroxyl groups excluding tert-OH is 2. The molecule has 4 heteroatoms. The van der Waals surface area contributed by atoms with Crippen molar-refractivity contribution in [3.05, 3.63) is 0 Å². The zero-order valence-corrected chi connectivity index (χ0v) is 5.12. The molecular formula is C5H12N2O2. The van der Waals surface area contributed by atoms with Crippen LogP contribution in [0.3, 0.4) is 0 Å². The highest BCUT2D eigenvalue weighted by Gasteiger charge is 2.23. The third kappa shape index (κ3) is 1.62. The van der Waals surface area contributed by atoms with Gasteiger partial charge in [0.2, 0.25) is 0 Å². The molecule has 3 atom stereocenters. The molecule has 9 heavy (non-hydrogen) atoms. The van der Waals surface area contributed by atoms with Crippen LogP contribution in [0.15, 0.2) is 0 Å². The lowest BCUT2D eigenvalue weighted by Crippen LogP contribution is -2.53. The fourth-order valence-electron chi connectivity index (χ4n) is 0.912. The Labute approximate surface area is 53.7 Å². The largest absolute Gasteiger partial charge is 0.379 e. The Morgan fingerprint density at radius 3 is 2.44 bits per heavy atom. The molecule has 1 aliphatic heterocycles. The zero-order valence-electron chi connectivity index (χ0n) is 5.12. The third-order valence-corrected chi connectivity index (χ3v) is 1.54. The van der Waals surface area contributed by atoms with Gasteiger partial charge in [-0.2, -0.15) is 0 Å². The van der Waals surface area contributed by atoms with Crippen molar-refractivity contribution in [1.82, 2.24) is 5.32 Å². The van der Waals surface area contributed by atoms with E-state index in [1.54, 1.807) is 0 Å². The number of nitrogens with two attached hydrogens (primary N) is 1. The van der Waals surface area contributed by atoms with E-state index in [1.165, 1.54) is 0 Å². The number of rotatable bonds is 0. The van der Waals surface area contributed by atoms with Crippen LogP contribution >= 0.6 is 0 Å². The second-order valence-corrected chi connectivity index (χ2v) is 2.37. The van der Waals surface area contributed by atoms with Crippen molar-refractivity contribution >= 4 is 0 Å². The lowest BCUT2D eigenvalue weighted by atomic mass is 10.1. The molecule has 1 saturated heterocycles. The summed E-state index contributed by atoms with van der Waals surface area (Å²) in [6, 6.07) is -0.228. The summed E-state index contributed by atoms with van der Waals surface area (Å²) in [5.74, 6) is 0. The highest BCUT2D eigenvalue weighted by Crippen LogP contribution is 2.07. The molecule has 1 fully saturated rings. The summed E-state index contributed by atoms with van der Waals surface area (Å²) in [5.41, 5.74) is 5.42. The molecule has 1 rings (SSSR count). The van der Waals surface area contributed by atoms with Crippen LogP contribution in [0.5, 0.6) is 0 Å². The van der Waals surface area contributed by atoms with E-state index in [1.807, 2.05) is 0 Å². The number of aliphatic hydroxyl groups is 2. The first-order valence-electron chi connectivity index (χ1n) is 3.08. The molecular weight excluding hydrogens is 120 g/mol. The first-order valence-corrected chi connectivity index (χ1v) is 3.08. The lowest BCUT2D eigenvalue weighted by Gasteiger charge is -2.28. The van der Waals surface area contributed by atoms with Crippen LogP contribution in [-0.4, -0.2) is 28.7 Å². The minimum Gasteiger partial charge on any atom is -0.379 e. The van der Waals surface area contributed by atoms with E-state index in [0.29, 0.717) is 12.8 Å². The van der Waals surface area contributed by atoms with Crippen molar-refractivity contribution in [1.29, 1.82) is 0 Å². The van der Waals surface area contributed by atoms with E-state index in [-0.39, 0.29) is 6.04 Å². The Hall–Kier alpha value is -0.160. The van der Waals surface area contributed by atoms with Crippen LogP contribution in [0, 0.1) is 0 Å². The van der Waals surface area contributed by atoms with E-state index < -0.39 is 12.5 Å². The minimum absolute atomic E-state index is 0.228. The summed E-state index contributed by atoms with van der Waals surface area (Å²) in [4.78, 5) is 0. The van der Waals surface area contributed by atoms with Gasteiger partial charge in [-0.15, -0.1) is 0 Å². The van der Waals surface area contributed by atoms with E-state index >= 15 is 0 Å². The van der Waals surface area contributed by atoms with Crippen molar-refractivity contribution in [2.24, 2.45) is 5.73 Å². The van der Waals surface area contributed by atoms with Gasteiger partial charge in [-0.05, 0) is 12.8 Å². The van der Waals surface area contributed by atoms with Crippen LogP contribution in [0.4, 0.5) is 0 Å². The molecule has 3 unspecified atom stereocenters. The topological polar surface area (TPSA) is 78.5 Å². The number of piperidine rings is 1. The van der Waals surface area contributed by atoms with Crippen molar-refractivity contribution in [2.75, 3.05) is 0 Å². The number of hydrogen-bond donors (Lipinski definition) is 4. The Balaban J connectivity index is 2.35. The van der Waals surface area contributed by atoms with Crippen LogP contribution in [0.2, 0.25) is 0 Å². The zero-order chi connectivity index (χ0) is 6.85. The maximum absolute atomic E-state index is 8.95. The van der Waals surface area contributed by atoms with Crippen LogP contribution in [0.1, 0.15) is 12.8 Å². The Morgan fingerprint density at radius 2 is 2.00 bits per heavy atom. The predicted octanol–water partition coefficient (Wildman–Crippen LogP) is -1.67. The summed E-state index contributed by atoms with van der Waals surface area (Å²) < 4.78 is 0. The smallest absolute Gasteiger partial charge is 0.122 e. The molecule has 54 valence electrons. The Kier molecular flexibility index (Phi) is 2.02. The second-order valence-electron chi connectivity index (χ2n) is 2.37. The normalized spacial score (nSPS) is 45.0. The van der Waals surface area contributed by atoms with Gasteiger partial charge in [0.15, 0.2) is 0 Å². The molecule has 0 aliphatic carbocycles. The van der Waals surface area contributed by atoms with Gasteiger partial charge in [-0.25, -0.2) is 0 Å². The van der Waals surface area contributed by atoms with Crippen molar-refractivity contribution in [3.8, 4) is 0 Å². The fraction of sp³-hybridized carbons (Fsp3) is 1.00. The van der Waals surface area contributed by atoms with Gasteiger partial charge in [0.1, 0.15) is 12.5 Å². The predicted molar refractivity (Wildman–Crippen MR) is 32.4 cm³/mol. The Morgan fingerprint density at radius 1 is 1.33 bits per heavy atom. The van der Waals surface area contributed by atoms with E-state index in [9.17, 15) is 0 Å². The SMILES string of the molecule is NC1CCC(O)NC1O. The maximum Gasteiger partial charge on any atom is 0.122 e. The molecule has 0 saturated carbocycles. The number of hydrogen-bond acceptors (Lipinski definition) is 4. The summed E-state index contributed by atoms with van der Waals surface area (Å²) >= 11 is 0. The quantitative estimate of drug-likeness (QED) is 0.318. The highest BCUT2D eigenvalue weighted by atomic mass is 16.3. The maximum atomic E-state index is 8.95. The summed E-state index contributed by atoms with van der Waals surface area (Å²) in [7, 11) is 0. The molecule has 0 aromatic rings. The molecule has 1 heterocycles. The number of nitrogens with one attached hydrogen (secondary N) is 1. The van der Waals surface area contributed by atoms with Gasteiger partial charge < -0.3 is 15.9 Å². The molecule has 0 aromatic carbocycles. The van der Waals surface area contributed by atoms with Crippen molar-refractivity contribution < 1.29 is 10.2 Å². The Bertz CT molecular complexity index is 99.0. The molecule has 0 radical (unpaired) electrons. The van der Waals surface area contributed by atoms with Crippen molar-refractivity contribution in [2.45, 2.75) is 31.3 Å². The summed E-state index contributed by atoms with van der Waals surface area (Å²) in [5, 5.41) is 20.3. The molecule has 5 N–H and O–H groups in total. The van der Waals surface area contributed by atoms with Gasteiger partial charge in [-0.3, -0.25) is 5.32 Å². The van der Waals surface area contributed by atoms with Gasteiger partial charge >= 0.3 is 0 Å². The minimum atomic E-state index is -0.742. The molecule has 0 amide bonds. The summed E-state index contributed by atoms with van der Waals surface area (Å²) in [6.07, 6.45) is -0.0263. The molecule has 0 bridgehead atoms. The average molecular weight is 132 g/mol. The molecule has 4 nitrogen and oxygen atoms in total. The third-order valence-electron chi connectivity index (χ3n) is 1.54. The van der Waals surface area contributed by atoms with Crippen molar-refractivity contribution in [3.63, 3.8) is 0 Å². The van der Waals surface area contributed by atoms with E-state index in [0.717, 1.165) is 0 Å². The molecule has 0 spiro atoms. The van der Waals surface area contributed by atoms with Crippen LogP contribution < -0.4 is 11.1 Å². The standard InChI is InChI=1S/C5H12N2O2/c6-3-1-2-4(8)7-5(3)9/h3-5,7-9H,1-2,6H2. The molecule has 0 aromatic heterocycles. The lowest BCUT2D eigenvalue weighted by molar-refractivity contribution is -0.00802. The van der Waals surface area contributed by atoms with Crippen LogP contribution in [-0.2, 0) is 0 Å². The van der Waals surface area contributed by atoms with Gasteiger partial charge in [0.05, 0.1) is 0 Å².